The SMILES string of the molecule is CC[C@H](C)N1C(=O)[C@H]2[C@H](C(=O)Nc3ccc(C(C)C)cc3)[C@H]3C=C[C@@]2(O3)[C@@H]1C(=O)N[C@@H]1CCC[C@H](C)[C@H]1C. The van der Waals surface area contributed by atoms with Crippen LogP contribution in [0.15, 0.2) is 36.4 Å². The van der Waals surface area contributed by atoms with E-state index < -0.39 is 29.6 Å². The Kier molecular flexibility index (Phi) is 7.18. The predicted octanol–water partition coefficient (Wildman–Crippen LogP) is 4.64. The maximum Gasteiger partial charge on any atom is 0.246 e. The number of hydrogen-bond acceptors (Lipinski definition) is 4. The Labute approximate surface area is 226 Å². The van der Waals surface area contributed by atoms with Crippen LogP contribution in [0.5, 0.6) is 0 Å². The van der Waals surface area contributed by atoms with Crippen LogP contribution < -0.4 is 10.6 Å². The van der Waals surface area contributed by atoms with Crippen molar-refractivity contribution in [3.63, 3.8) is 0 Å². The molecule has 1 aromatic carbocycles. The minimum absolute atomic E-state index is 0.0751. The number of carbonyl (C=O) groups excluding carboxylic acids is 3. The summed E-state index contributed by atoms with van der Waals surface area (Å²) in [6.07, 6.45) is 7.15. The van der Waals surface area contributed by atoms with Gasteiger partial charge in [-0.05, 0) is 55.2 Å². The summed E-state index contributed by atoms with van der Waals surface area (Å²) in [5.41, 5.74) is 0.764. The molecule has 9 atom stereocenters. The van der Waals surface area contributed by atoms with Crippen LogP contribution in [0.2, 0.25) is 0 Å². The molecule has 0 radical (unpaired) electrons. The molecule has 1 aromatic rings. The second kappa shape index (κ2) is 10.1. The Hall–Kier alpha value is -2.67. The van der Waals surface area contributed by atoms with E-state index in [-0.39, 0.29) is 29.8 Å². The highest BCUT2D eigenvalue weighted by Crippen LogP contribution is 2.56. The van der Waals surface area contributed by atoms with Crippen molar-refractivity contribution in [3.05, 3.63) is 42.0 Å². The molecule has 1 aliphatic carbocycles. The first-order chi connectivity index (χ1) is 18.1. The van der Waals surface area contributed by atoms with Crippen molar-refractivity contribution in [2.45, 2.75) is 103 Å². The Morgan fingerprint density at radius 1 is 1.11 bits per heavy atom. The Morgan fingerprint density at radius 3 is 2.47 bits per heavy atom. The number of nitrogens with zero attached hydrogens (tertiary/aromatic N) is 1. The van der Waals surface area contributed by atoms with Gasteiger partial charge in [0.1, 0.15) is 11.6 Å². The van der Waals surface area contributed by atoms with Gasteiger partial charge in [0.25, 0.3) is 0 Å². The van der Waals surface area contributed by atoms with Gasteiger partial charge in [-0.25, -0.2) is 0 Å². The van der Waals surface area contributed by atoms with Crippen LogP contribution in [0.3, 0.4) is 0 Å². The third-order valence-corrected chi connectivity index (χ3v) is 9.81. The Balaban J connectivity index is 1.42. The number of amides is 3. The first kappa shape index (κ1) is 26.9. The molecule has 2 bridgehead atoms. The lowest BCUT2D eigenvalue weighted by atomic mass is 9.73. The van der Waals surface area contributed by atoms with Gasteiger partial charge >= 0.3 is 0 Å². The van der Waals surface area contributed by atoms with E-state index in [1.165, 1.54) is 12.0 Å². The quantitative estimate of drug-likeness (QED) is 0.512. The number of anilines is 1. The summed E-state index contributed by atoms with van der Waals surface area (Å²) in [4.78, 5) is 43.4. The second-order valence-electron chi connectivity index (χ2n) is 12.4. The average molecular weight is 522 g/mol. The fourth-order valence-electron chi connectivity index (χ4n) is 7.10. The summed E-state index contributed by atoms with van der Waals surface area (Å²) in [6.45, 7) is 12.7. The average Bonchev–Trinajstić information content (AvgIpc) is 3.54. The highest BCUT2D eigenvalue weighted by molar-refractivity contribution is 6.03. The number of benzene rings is 1. The highest BCUT2D eigenvalue weighted by Gasteiger charge is 2.73. The molecule has 0 unspecified atom stereocenters. The van der Waals surface area contributed by atoms with Crippen LogP contribution in [0.4, 0.5) is 5.69 Å². The van der Waals surface area contributed by atoms with Gasteiger partial charge in [0, 0.05) is 17.8 Å². The molecule has 3 amide bonds. The number of rotatable bonds is 7. The topological polar surface area (TPSA) is 87.7 Å². The summed E-state index contributed by atoms with van der Waals surface area (Å²) in [5, 5.41) is 6.33. The Morgan fingerprint density at radius 2 is 1.82 bits per heavy atom. The van der Waals surface area contributed by atoms with Gasteiger partial charge in [-0.15, -0.1) is 0 Å². The van der Waals surface area contributed by atoms with Crippen LogP contribution in [0.1, 0.15) is 78.7 Å². The zero-order valence-electron chi connectivity index (χ0n) is 23.6. The largest absolute Gasteiger partial charge is 0.359 e. The molecule has 2 N–H and O–H groups in total. The van der Waals surface area contributed by atoms with E-state index in [2.05, 4.69) is 38.3 Å². The van der Waals surface area contributed by atoms with Gasteiger partial charge in [-0.1, -0.05) is 71.7 Å². The molecule has 1 saturated carbocycles. The van der Waals surface area contributed by atoms with Gasteiger partial charge in [0.15, 0.2) is 0 Å². The van der Waals surface area contributed by atoms with Crippen molar-refractivity contribution >= 4 is 23.4 Å². The van der Waals surface area contributed by atoms with Gasteiger partial charge in [-0.3, -0.25) is 14.4 Å². The fraction of sp³-hybridized carbons (Fsp3) is 0.645. The van der Waals surface area contributed by atoms with Gasteiger partial charge < -0.3 is 20.3 Å². The molecule has 0 aromatic heterocycles. The maximum absolute atomic E-state index is 14.0. The lowest BCUT2D eigenvalue weighted by molar-refractivity contribution is -0.144. The van der Waals surface area contributed by atoms with E-state index in [0.29, 0.717) is 29.9 Å². The fourth-order valence-corrected chi connectivity index (χ4v) is 7.10. The standard InChI is InChI=1S/C31H43N3O4/c1-7-19(5)34-27(29(36)33-23-10-8-9-18(4)20(23)6)31-16-15-24(38-31)25(26(31)30(34)37)28(35)32-22-13-11-21(12-14-22)17(2)3/h11-20,23-27H,7-10H2,1-6H3,(H,32,35)(H,33,36)/t18-,19-,20+,23+,24+,25+,26+,27-,31-/m0/s1. The van der Waals surface area contributed by atoms with Gasteiger partial charge in [-0.2, -0.15) is 0 Å². The minimum atomic E-state index is -1.12. The van der Waals surface area contributed by atoms with Crippen molar-refractivity contribution < 1.29 is 19.1 Å². The van der Waals surface area contributed by atoms with Crippen molar-refractivity contribution in [2.75, 3.05) is 5.32 Å². The lowest BCUT2D eigenvalue weighted by Crippen LogP contribution is -2.59. The van der Waals surface area contributed by atoms with E-state index in [0.717, 1.165) is 12.8 Å². The smallest absolute Gasteiger partial charge is 0.246 e. The maximum atomic E-state index is 14.0. The van der Waals surface area contributed by atoms with Crippen molar-refractivity contribution in [1.29, 1.82) is 0 Å². The highest BCUT2D eigenvalue weighted by atomic mass is 16.5. The molecule has 3 heterocycles. The molecule has 7 heteroatoms. The van der Waals surface area contributed by atoms with Crippen LogP contribution in [-0.4, -0.2) is 52.5 Å². The van der Waals surface area contributed by atoms with Gasteiger partial charge in [0.2, 0.25) is 17.7 Å². The first-order valence-corrected chi connectivity index (χ1v) is 14.5. The number of likely N-dealkylation sites (tertiary alicyclic amines) is 1. The molecule has 7 nitrogen and oxygen atoms in total. The molecule has 2 saturated heterocycles. The monoisotopic (exact) mass is 521 g/mol. The summed E-state index contributed by atoms with van der Waals surface area (Å²) < 4.78 is 6.48. The number of nitrogens with one attached hydrogen (secondary N) is 2. The summed E-state index contributed by atoms with van der Waals surface area (Å²) in [6, 6.07) is 6.96. The zero-order chi connectivity index (χ0) is 27.4. The molecule has 4 aliphatic rings. The molecular formula is C31H43N3O4. The second-order valence-corrected chi connectivity index (χ2v) is 12.4. The van der Waals surface area contributed by atoms with E-state index >= 15 is 0 Å². The third kappa shape index (κ3) is 4.27. The molecule has 5 rings (SSSR count). The van der Waals surface area contributed by atoms with Crippen LogP contribution in [-0.2, 0) is 19.1 Å². The Bertz CT molecular complexity index is 1110. The summed E-state index contributed by atoms with van der Waals surface area (Å²) in [7, 11) is 0. The molecular weight excluding hydrogens is 478 g/mol. The predicted molar refractivity (Wildman–Crippen MR) is 147 cm³/mol. The van der Waals surface area contributed by atoms with Crippen molar-refractivity contribution in [3.8, 4) is 0 Å². The molecule has 3 aliphatic heterocycles. The van der Waals surface area contributed by atoms with Crippen molar-refractivity contribution in [2.24, 2.45) is 23.7 Å². The minimum Gasteiger partial charge on any atom is -0.359 e. The summed E-state index contributed by atoms with van der Waals surface area (Å²) >= 11 is 0. The molecule has 38 heavy (non-hydrogen) atoms. The first-order valence-electron chi connectivity index (χ1n) is 14.5. The van der Waals surface area contributed by atoms with E-state index in [1.54, 1.807) is 4.90 Å². The zero-order valence-corrected chi connectivity index (χ0v) is 23.6. The molecule has 206 valence electrons. The van der Waals surface area contributed by atoms with Crippen LogP contribution in [0.25, 0.3) is 0 Å². The van der Waals surface area contributed by atoms with E-state index in [9.17, 15) is 14.4 Å². The third-order valence-electron chi connectivity index (χ3n) is 9.81. The lowest BCUT2D eigenvalue weighted by Gasteiger charge is -2.39. The van der Waals surface area contributed by atoms with Gasteiger partial charge in [0.05, 0.1) is 17.9 Å². The van der Waals surface area contributed by atoms with Crippen LogP contribution >= 0.6 is 0 Å². The number of fused-ring (bicyclic) bond motifs is 1. The number of carbonyl (C=O) groups is 3. The number of hydrogen-bond donors (Lipinski definition) is 2. The van der Waals surface area contributed by atoms with Crippen LogP contribution in [0, 0.1) is 23.7 Å². The number of ether oxygens (including phenoxy) is 1. The van der Waals surface area contributed by atoms with E-state index in [1.807, 2.05) is 50.3 Å². The normalized spacial score (nSPS) is 36.4. The van der Waals surface area contributed by atoms with Crippen molar-refractivity contribution in [1.82, 2.24) is 10.2 Å². The summed E-state index contributed by atoms with van der Waals surface area (Å²) in [5.74, 6) is -0.667. The molecule has 1 spiro atoms. The van der Waals surface area contributed by atoms with E-state index in [4.69, 9.17) is 4.74 Å². The molecule has 3 fully saturated rings.